The van der Waals surface area contributed by atoms with Gasteiger partial charge in [-0.05, 0) is 26.4 Å². The third kappa shape index (κ3) is 2.38. The SMILES string of the molecule is CN1CCCC1COC(=N)N. The van der Waals surface area contributed by atoms with Crippen LogP contribution in [0.1, 0.15) is 12.8 Å². The van der Waals surface area contributed by atoms with Crippen molar-refractivity contribution >= 4 is 6.02 Å². The minimum Gasteiger partial charge on any atom is -0.464 e. The number of hydrogen-bond donors (Lipinski definition) is 2. The van der Waals surface area contributed by atoms with E-state index in [4.69, 9.17) is 15.9 Å². The second kappa shape index (κ2) is 3.57. The molecule has 0 aromatic rings. The Morgan fingerprint density at radius 2 is 2.55 bits per heavy atom. The van der Waals surface area contributed by atoms with Gasteiger partial charge in [-0.3, -0.25) is 5.41 Å². The zero-order valence-corrected chi connectivity index (χ0v) is 6.84. The van der Waals surface area contributed by atoms with Gasteiger partial charge in [0.2, 0.25) is 0 Å². The van der Waals surface area contributed by atoms with Crippen LogP contribution >= 0.6 is 0 Å². The molecule has 3 N–H and O–H groups in total. The number of hydrogen-bond acceptors (Lipinski definition) is 3. The first-order chi connectivity index (χ1) is 5.20. The quantitative estimate of drug-likeness (QED) is 0.438. The molecule has 1 saturated heterocycles. The maximum Gasteiger partial charge on any atom is 0.279 e. The maximum atomic E-state index is 6.86. The van der Waals surface area contributed by atoms with Crippen LogP contribution in [-0.4, -0.2) is 37.2 Å². The second-order valence-electron chi connectivity index (χ2n) is 2.95. The van der Waals surface area contributed by atoms with Crippen molar-refractivity contribution in [2.75, 3.05) is 20.2 Å². The lowest BCUT2D eigenvalue weighted by Gasteiger charge is -2.18. The summed E-state index contributed by atoms with van der Waals surface area (Å²) in [6.45, 7) is 1.69. The monoisotopic (exact) mass is 157 g/mol. The van der Waals surface area contributed by atoms with Gasteiger partial charge in [0.15, 0.2) is 0 Å². The molecule has 0 radical (unpaired) electrons. The van der Waals surface area contributed by atoms with E-state index in [9.17, 15) is 0 Å². The van der Waals surface area contributed by atoms with E-state index in [2.05, 4.69) is 11.9 Å². The Bertz CT molecular complexity index is 149. The van der Waals surface area contributed by atoms with Crippen molar-refractivity contribution in [3.8, 4) is 0 Å². The predicted molar refractivity (Wildman–Crippen MR) is 43.5 cm³/mol. The lowest BCUT2D eigenvalue weighted by atomic mass is 10.2. The van der Waals surface area contributed by atoms with Crippen molar-refractivity contribution < 1.29 is 4.74 Å². The highest BCUT2D eigenvalue weighted by Crippen LogP contribution is 2.14. The van der Waals surface area contributed by atoms with Crippen LogP contribution in [0.15, 0.2) is 0 Å². The van der Waals surface area contributed by atoms with Gasteiger partial charge in [-0.2, -0.15) is 0 Å². The Morgan fingerprint density at radius 3 is 3.00 bits per heavy atom. The summed E-state index contributed by atoms with van der Waals surface area (Å²) in [4.78, 5) is 2.24. The molecule has 1 aliphatic rings. The van der Waals surface area contributed by atoms with E-state index < -0.39 is 0 Å². The van der Waals surface area contributed by atoms with Crippen molar-refractivity contribution in [3.63, 3.8) is 0 Å². The van der Waals surface area contributed by atoms with Crippen LogP contribution in [-0.2, 0) is 4.74 Å². The maximum absolute atomic E-state index is 6.86. The van der Waals surface area contributed by atoms with Gasteiger partial charge in [0, 0.05) is 6.04 Å². The zero-order valence-electron chi connectivity index (χ0n) is 6.84. The number of nitrogens with one attached hydrogen (secondary N) is 1. The van der Waals surface area contributed by atoms with Crippen molar-refractivity contribution in [2.45, 2.75) is 18.9 Å². The highest BCUT2D eigenvalue weighted by atomic mass is 16.5. The topological polar surface area (TPSA) is 62.3 Å². The number of nitrogens with zero attached hydrogens (tertiary/aromatic N) is 1. The summed E-state index contributed by atoms with van der Waals surface area (Å²) < 4.78 is 4.92. The van der Waals surface area contributed by atoms with Crippen LogP contribution in [0.3, 0.4) is 0 Å². The molecule has 1 heterocycles. The van der Waals surface area contributed by atoms with Crippen molar-refractivity contribution in [3.05, 3.63) is 0 Å². The van der Waals surface area contributed by atoms with Crippen molar-refractivity contribution in [1.29, 1.82) is 5.41 Å². The highest BCUT2D eigenvalue weighted by molar-refractivity contribution is 5.67. The molecule has 1 fully saturated rings. The van der Waals surface area contributed by atoms with E-state index in [1.165, 1.54) is 6.42 Å². The number of rotatable bonds is 2. The highest BCUT2D eigenvalue weighted by Gasteiger charge is 2.21. The Labute approximate surface area is 66.8 Å². The number of amidine groups is 1. The van der Waals surface area contributed by atoms with Crippen molar-refractivity contribution in [2.24, 2.45) is 5.73 Å². The van der Waals surface area contributed by atoms with E-state index in [-0.39, 0.29) is 6.02 Å². The number of likely N-dealkylation sites (tertiary alicyclic amines) is 1. The van der Waals surface area contributed by atoms with Crippen LogP contribution < -0.4 is 5.73 Å². The second-order valence-corrected chi connectivity index (χ2v) is 2.95. The first-order valence-electron chi connectivity index (χ1n) is 3.87. The van der Waals surface area contributed by atoms with Crippen LogP contribution in [0.4, 0.5) is 0 Å². The first kappa shape index (κ1) is 8.33. The molecule has 1 atom stereocenters. The van der Waals surface area contributed by atoms with E-state index in [1.807, 2.05) is 0 Å². The Balaban J connectivity index is 2.20. The lowest BCUT2D eigenvalue weighted by Crippen LogP contribution is -2.31. The van der Waals surface area contributed by atoms with Gasteiger partial charge >= 0.3 is 0 Å². The Kier molecular flexibility index (Phi) is 2.70. The molecule has 0 bridgehead atoms. The van der Waals surface area contributed by atoms with E-state index in [0.29, 0.717) is 12.6 Å². The molecule has 4 heteroatoms. The van der Waals surface area contributed by atoms with Gasteiger partial charge in [-0.15, -0.1) is 0 Å². The molecule has 64 valence electrons. The molecule has 0 spiro atoms. The molecular weight excluding hydrogens is 142 g/mol. The fourth-order valence-electron chi connectivity index (χ4n) is 1.38. The molecule has 4 nitrogen and oxygen atoms in total. The average Bonchev–Trinajstić information content (AvgIpc) is 2.31. The van der Waals surface area contributed by atoms with Gasteiger partial charge < -0.3 is 15.4 Å². The predicted octanol–water partition coefficient (Wildman–Crippen LogP) is -0.00933. The average molecular weight is 157 g/mol. The van der Waals surface area contributed by atoms with Gasteiger partial charge in [0.25, 0.3) is 6.02 Å². The van der Waals surface area contributed by atoms with Crippen LogP contribution in [0, 0.1) is 5.41 Å². The summed E-state index contributed by atoms with van der Waals surface area (Å²) in [5.74, 6) is 0. The van der Waals surface area contributed by atoms with Crippen LogP contribution in [0.2, 0.25) is 0 Å². The summed E-state index contributed by atoms with van der Waals surface area (Å²) in [5.41, 5.74) is 5.06. The summed E-state index contributed by atoms with van der Waals surface area (Å²) in [6.07, 6.45) is 2.38. The summed E-state index contributed by atoms with van der Waals surface area (Å²) in [5, 5.41) is 6.86. The Morgan fingerprint density at radius 1 is 1.82 bits per heavy atom. The number of ether oxygens (including phenoxy) is 1. The molecule has 0 aromatic carbocycles. The fourth-order valence-corrected chi connectivity index (χ4v) is 1.38. The lowest BCUT2D eigenvalue weighted by molar-refractivity contribution is 0.187. The van der Waals surface area contributed by atoms with Gasteiger partial charge in [0.05, 0.1) is 0 Å². The normalized spacial score (nSPS) is 25.4. The largest absolute Gasteiger partial charge is 0.464 e. The minimum atomic E-state index is -0.176. The molecular formula is C7H15N3O. The smallest absolute Gasteiger partial charge is 0.279 e. The molecule has 0 amide bonds. The molecule has 1 aliphatic heterocycles. The Hall–Kier alpha value is -0.770. The van der Waals surface area contributed by atoms with E-state index >= 15 is 0 Å². The van der Waals surface area contributed by atoms with Gasteiger partial charge in [-0.25, -0.2) is 0 Å². The molecule has 1 rings (SSSR count). The standard InChI is InChI=1S/C7H15N3O/c1-10-4-2-3-6(10)5-11-7(8)9/h6H,2-5H2,1H3,(H3,8,9). The molecule has 11 heavy (non-hydrogen) atoms. The first-order valence-corrected chi connectivity index (χ1v) is 3.87. The number of likely N-dealkylation sites (N-methyl/N-ethyl adjacent to an activating group) is 1. The van der Waals surface area contributed by atoms with Crippen molar-refractivity contribution in [1.82, 2.24) is 4.90 Å². The molecule has 1 unspecified atom stereocenters. The summed E-state index contributed by atoms with van der Waals surface area (Å²) in [6, 6.07) is 0.282. The fraction of sp³-hybridized carbons (Fsp3) is 0.857. The van der Waals surface area contributed by atoms with E-state index in [0.717, 1.165) is 13.0 Å². The van der Waals surface area contributed by atoms with Gasteiger partial charge in [0.1, 0.15) is 6.61 Å². The third-order valence-corrected chi connectivity index (χ3v) is 2.10. The summed E-state index contributed by atoms with van der Waals surface area (Å²) >= 11 is 0. The molecule has 0 saturated carbocycles. The molecule has 0 aromatic heterocycles. The zero-order chi connectivity index (χ0) is 8.27. The van der Waals surface area contributed by atoms with Crippen LogP contribution in [0.25, 0.3) is 0 Å². The summed E-state index contributed by atoms with van der Waals surface area (Å²) in [7, 11) is 2.07. The third-order valence-electron chi connectivity index (χ3n) is 2.10. The number of nitrogens with two attached hydrogens (primary N) is 1. The van der Waals surface area contributed by atoms with Gasteiger partial charge in [-0.1, -0.05) is 0 Å². The van der Waals surface area contributed by atoms with E-state index in [1.54, 1.807) is 0 Å². The molecule has 0 aliphatic carbocycles. The minimum absolute atomic E-state index is 0.176. The van der Waals surface area contributed by atoms with Crippen LogP contribution in [0.5, 0.6) is 0 Å².